The van der Waals surface area contributed by atoms with Crippen molar-refractivity contribution in [3.05, 3.63) is 0 Å². The second-order valence-corrected chi connectivity index (χ2v) is 5.90. The Morgan fingerprint density at radius 1 is 1.25 bits per heavy atom. The van der Waals surface area contributed by atoms with Gasteiger partial charge in [0, 0.05) is 13.2 Å². The fraction of sp³-hybridized carbons (Fsp3) is 1.00. The number of rotatable bonds is 6. The van der Waals surface area contributed by atoms with Crippen molar-refractivity contribution in [1.82, 2.24) is 5.32 Å². The normalized spacial score (nSPS) is 26.2. The maximum absolute atomic E-state index is 5.85. The monoisotopic (exact) mass is 229 g/mol. The summed E-state index contributed by atoms with van der Waals surface area (Å²) in [6.07, 6.45) is 4.12. The number of likely N-dealkylation sites (N-methyl/N-ethyl adjacent to an activating group) is 1. The van der Waals surface area contributed by atoms with E-state index in [1.54, 1.807) is 0 Å². The highest BCUT2D eigenvalue weighted by atomic mass is 16.5. The molecular weight excluding hydrogens is 202 g/mol. The van der Waals surface area contributed by atoms with Crippen molar-refractivity contribution >= 4 is 0 Å². The van der Waals surface area contributed by atoms with Crippen LogP contribution in [-0.4, -0.2) is 39.0 Å². The fourth-order valence-electron chi connectivity index (χ4n) is 1.87. The molecule has 1 fully saturated rings. The van der Waals surface area contributed by atoms with Gasteiger partial charge in [0.1, 0.15) is 0 Å². The van der Waals surface area contributed by atoms with Gasteiger partial charge in [0.25, 0.3) is 0 Å². The van der Waals surface area contributed by atoms with Crippen LogP contribution in [0.1, 0.15) is 40.0 Å². The van der Waals surface area contributed by atoms with E-state index in [4.69, 9.17) is 9.47 Å². The molecule has 0 saturated carbocycles. The van der Waals surface area contributed by atoms with Gasteiger partial charge in [-0.2, -0.15) is 0 Å². The Labute approximate surface area is 99.9 Å². The molecule has 1 saturated heterocycles. The van der Waals surface area contributed by atoms with Gasteiger partial charge in [0.15, 0.2) is 0 Å². The van der Waals surface area contributed by atoms with Crippen LogP contribution in [0.4, 0.5) is 0 Å². The molecule has 0 radical (unpaired) electrons. The van der Waals surface area contributed by atoms with Crippen LogP contribution in [0.25, 0.3) is 0 Å². The van der Waals surface area contributed by atoms with Crippen LogP contribution in [0.5, 0.6) is 0 Å². The molecule has 2 unspecified atom stereocenters. The highest BCUT2D eigenvalue weighted by Crippen LogP contribution is 2.21. The summed E-state index contributed by atoms with van der Waals surface area (Å²) in [5.41, 5.74) is 0.366. The third-order valence-corrected chi connectivity index (χ3v) is 2.93. The minimum absolute atomic E-state index is 0.318. The van der Waals surface area contributed by atoms with Crippen LogP contribution in [0.2, 0.25) is 0 Å². The summed E-state index contributed by atoms with van der Waals surface area (Å²) in [7, 11) is 1.97. The smallest absolute Gasteiger partial charge is 0.0813 e. The Morgan fingerprint density at radius 3 is 2.56 bits per heavy atom. The summed E-state index contributed by atoms with van der Waals surface area (Å²) in [6, 6.07) is 0. The van der Waals surface area contributed by atoms with Crippen LogP contribution >= 0.6 is 0 Å². The van der Waals surface area contributed by atoms with Gasteiger partial charge in [-0.3, -0.25) is 0 Å². The van der Waals surface area contributed by atoms with E-state index in [1.165, 1.54) is 0 Å². The van der Waals surface area contributed by atoms with Gasteiger partial charge in [-0.15, -0.1) is 0 Å². The molecule has 1 heterocycles. The van der Waals surface area contributed by atoms with Gasteiger partial charge in [0.2, 0.25) is 0 Å². The van der Waals surface area contributed by atoms with Crippen molar-refractivity contribution in [2.45, 2.75) is 52.2 Å². The SMILES string of the molecule is CNCC1CCC(COCCC(C)(C)C)O1. The quantitative estimate of drug-likeness (QED) is 0.708. The van der Waals surface area contributed by atoms with Crippen LogP contribution in [-0.2, 0) is 9.47 Å². The summed E-state index contributed by atoms with van der Waals surface area (Å²) in [4.78, 5) is 0. The average Bonchev–Trinajstić information content (AvgIpc) is 2.60. The highest BCUT2D eigenvalue weighted by Gasteiger charge is 2.24. The Balaban J connectivity index is 2.02. The van der Waals surface area contributed by atoms with Gasteiger partial charge >= 0.3 is 0 Å². The molecule has 0 spiro atoms. The fourth-order valence-corrected chi connectivity index (χ4v) is 1.87. The lowest BCUT2D eigenvalue weighted by Gasteiger charge is -2.19. The predicted octanol–water partition coefficient (Wildman–Crippen LogP) is 2.21. The molecule has 3 heteroatoms. The van der Waals surface area contributed by atoms with Crippen molar-refractivity contribution in [3.8, 4) is 0 Å². The Hall–Kier alpha value is -0.120. The zero-order chi connectivity index (χ0) is 12.0. The molecule has 3 nitrogen and oxygen atoms in total. The molecule has 0 bridgehead atoms. The zero-order valence-electron chi connectivity index (χ0n) is 11.2. The number of ether oxygens (including phenoxy) is 2. The first-order valence-electron chi connectivity index (χ1n) is 6.39. The third-order valence-electron chi connectivity index (χ3n) is 2.93. The summed E-state index contributed by atoms with van der Waals surface area (Å²) < 4.78 is 11.5. The summed E-state index contributed by atoms with van der Waals surface area (Å²) in [5, 5.41) is 3.15. The molecule has 0 amide bonds. The Kier molecular flexibility index (Phi) is 5.73. The maximum atomic E-state index is 5.85. The van der Waals surface area contributed by atoms with E-state index < -0.39 is 0 Å². The number of nitrogens with one attached hydrogen (secondary N) is 1. The van der Waals surface area contributed by atoms with Crippen molar-refractivity contribution in [2.24, 2.45) is 5.41 Å². The van der Waals surface area contributed by atoms with E-state index in [0.29, 0.717) is 17.6 Å². The van der Waals surface area contributed by atoms with Crippen LogP contribution in [0.15, 0.2) is 0 Å². The van der Waals surface area contributed by atoms with Crippen molar-refractivity contribution < 1.29 is 9.47 Å². The average molecular weight is 229 g/mol. The summed E-state index contributed by atoms with van der Waals surface area (Å²) in [5.74, 6) is 0. The lowest BCUT2D eigenvalue weighted by molar-refractivity contribution is -0.0181. The third kappa shape index (κ3) is 5.83. The summed E-state index contributed by atoms with van der Waals surface area (Å²) >= 11 is 0. The second kappa shape index (κ2) is 6.58. The van der Waals surface area contributed by atoms with E-state index in [-0.39, 0.29) is 0 Å². The van der Waals surface area contributed by atoms with Gasteiger partial charge < -0.3 is 14.8 Å². The number of hydrogen-bond acceptors (Lipinski definition) is 3. The molecular formula is C13H27NO2. The molecule has 1 rings (SSSR count). The van der Waals surface area contributed by atoms with Gasteiger partial charge in [0.05, 0.1) is 18.8 Å². The minimum atomic E-state index is 0.318. The molecule has 0 aliphatic carbocycles. The molecule has 0 aromatic heterocycles. The summed E-state index contributed by atoms with van der Waals surface area (Å²) in [6.45, 7) is 9.29. The lowest BCUT2D eigenvalue weighted by atomic mass is 9.93. The van der Waals surface area contributed by atoms with Crippen molar-refractivity contribution in [1.29, 1.82) is 0 Å². The highest BCUT2D eigenvalue weighted by molar-refractivity contribution is 4.74. The molecule has 0 aromatic rings. The maximum Gasteiger partial charge on any atom is 0.0813 e. The predicted molar refractivity (Wildman–Crippen MR) is 66.7 cm³/mol. The van der Waals surface area contributed by atoms with Crippen LogP contribution in [0, 0.1) is 5.41 Å². The van der Waals surface area contributed by atoms with Gasteiger partial charge in [-0.05, 0) is 31.7 Å². The van der Waals surface area contributed by atoms with E-state index in [0.717, 1.165) is 39.0 Å². The topological polar surface area (TPSA) is 30.5 Å². The molecule has 96 valence electrons. The first-order chi connectivity index (χ1) is 7.51. The van der Waals surface area contributed by atoms with E-state index in [9.17, 15) is 0 Å². The molecule has 1 aliphatic heterocycles. The zero-order valence-corrected chi connectivity index (χ0v) is 11.2. The molecule has 0 aromatic carbocycles. The van der Waals surface area contributed by atoms with Crippen LogP contribution < -0.4 is 5.32 Å². The molecule has 1 aliphatic rings. The second-order valence-electron chi connectivity index (χ2n) is 5.90. The standard InChI is InChI=1S/C13H27NO2/c1-13(2,3)7-8-15-10-12-6-5-11(16-12)9-14-4/h11-12,14H,5-10H2,1-4H3. The molecule has 2 atom stereocenters. The lowest BCUT2D eigenvalue weighted by Crippen LogP contribution is -2.25. The minimum Gasteiger partial charge on any atom is -0.379 e. The number of hydrogen-bond donors (Lipinski definition) is 1. The van der Waals surface area contributed by atoms with Crippen molar-refractivity contribution in [2.75, 3.05) is 26.8 Å². The molecule has 16 heavy (non-hydrogen) atoms. The Morgan fingerprint density at radius 2 is 1.94 bits per heavy atom. The van der Waals surface area contributed by atoms with Gasteiger partial charge in [-0.25, -0.2) is 0 Å². The first kappa shape index (κ1) is 13.9. The largest absolute Gasteiger partial charge is 0.379 e. The Bertz CT molecular complexity index is 189. The van der Waals surface area contributed by atoms with E-state index in [1.807, 2.05) is 7.05 Å². The first-order valence-corrected chi connectivity index (χ1v) is 6.39. The van der Waals surface area contributed by atoms with E-state index >= 15 is 0 Å². The van der Waals surface area contributed by atoms with Gasteiger partial charge in [-0.1, -0.05) is 20.8 Å². The molecule has 1 N–H and O–H groups in total. The van der Waals surface area contributed by atoms with Crippen molar-refractivity contribution in [3.63, 3.8) is 0 Å². The van der Waals surface area contributed by atoms with E-state index in [2.05, 4.69) is 26.1 Å². The van der Waals surface area contributed by atoms with Crippen LogP contribution in [0.3, 0.4) is 0 Å².